The smallest absolute Gasteiger partial charge is 0.0687 e. The Morgan fingerprint density at radius 1 is 1.32 bits per heavy atom. The number of ether oxygens (including phenoxy) is 1. The van der Waals surface area contributed by atoms with Gasteiger partial charge in [-0.15, -0.1) is 0 Å². The Labute approximate surface area is 133 Å². The quantitative estimate of drug-likeness (QED) is 0.762. The van der Waals surface area contributed by atoms with E-state index in [0.29, 0.717) is 11.8 Å². The maximum atomic E-state index is 9.54. The average molecular weight is 304 g/mol. The molecule has 0 fully saturated rings. The fraction of sp³-hybridized carbons (Fsp3) is 0.611. The minimum atomic E-state index is 0.238. The molecule has 2 aromatic rings. The van der Waals surface area contributed by atoms with Crippen LogP contribution >= 0.6 is 0 Å². The lowest BCUT2D eigenvalue weighted by Gasteiger charge is -2.18. The summed E-state index contributed by atoms with van der Waals surface area (Å²) in [6, 6.07) is 6.56. The van der Waals surface area contributed by atoms with Crippen LogP contribution in [-0.4, -0.2) is 35.2 Å². The molecule has 0 aliphatic carbocycles. The summed E-state index contributed by atoms with van der Waals surface area (Å²) in [6.07, 6.45) is 1.87. The number of aliphatic hydroxyl groups excluding tert-OH is 1. The first-order valence-corrected chi connectivity index (χ1v) is 8.12. The van der Waals surface area contributed by atoms with E-state index < -0.39 is 0 Å². The number of hydrogen-bond acceptors (Lipinski definition) is 3. The molecule has 0 bridgehead atoms. The number of rotatable bonds is 8. The van der Waals surface area contributed by atoms with Gasteiger partial charge in [-0.3, -0.25) is 4.68 Å². The molecule has 0 amide bonds. The average Bonchev–Trinajstić information content (AvgIpc) is 2.81. The van der Waals surface area contributed by atoms with Crippen LogP contribution in [0.25, 0.3) is 10.9 Å². The molecular formula is C18H28N2O2. The van der Waals surface area contributed by atoms with Crippen molar-refractivity contribution in [1.82, 2.24) is 9.78 Å². The highest BCUT2D eigenvalue weighted by molar-refractivity contribution is 5.82. The van der Waals surface area contributed by atoms with Crippen LogP contribution in [0.15, 0.2) is 18.2 Å². The molecule has 22 heavy (non-hydrogen) atoms. The second-order valence-corrected chi connectivity index (χ2v) is 6.40. The summed E-state index contributed by atoms with van der Waals surface area (Å²) >= 11 is 0. The van der Waals surface area contributed by atoms with Gasteiger partial charge in [0.05, 0.1) is 11.2 Å². The molecule has 0 radical (unpaired) electrons. The van der Waals surface area contributed by atoms with Crippen molar-refractivity contribution in [3.8, 4) is 0 Å². The summed E-state index contributed by atoms with van der Waals surface area (Å²) < 4.78 is 7.21. The van der Waals surface area contributed by atoms with Crippen LogP contribution in [0.4, 0.5) is 0 Å². The van der Waals surface area contributed by atoms with Crippen molar-refractivity contribution in [3.05, 3.63) is 29.5 Å². The van der Waals surface area contributed by atoms with Gasteiger partial charge >= 0.3 is 0 Å². The van der Waals surface area contributed by atoms with Crippen molar-refractivity contribution >= 4 is 10.9 Å². The van der Waals surface area contributed by atoms with E-state index in [-0.39, 0.29) is 6.61 Å². The Bertz CT molecular complexity index is 604. The van der Waals surface area contributed by atoms with Crippen LogP contribution in [0.5, 0.6) is 0 Å². The summed E-state index contributed by atoms with van der Waals surface area (Å²) in [5.41, 5.74) is 3.53. The van der Waals surface area contributed by atoms with Crippen molar-refractivity contribution in [3.63, 3.8) is 0 Å². The maximum Gasteiger partial charge on any atom is 0.0687 e. The molecule has 0 aliphatic rings. The fourth-order valence-corrected chi connectivity index (χ4v) is 2.86. The van der Waals surface area contributed by atoms with E-state index in [9.17, 15) is 5.11 Å². The van der Waals surface area contributed by atoms with Gasteiger partial charge in [0, 0.05) is 32.3 Å². The molecule has 2 rings (SSSR count). The number of fused-ring (bicyclic) bond motifs is 1. The summed E-state index contributed by atoms with van der Waals surface area (Å²) in [5, 5.41) is 15.4. The standard InChI is InChI=1S/C18H28N2O2/c1-13(2)16(12-21)10-15-6-7-17-14(3)19-20(18(17)11-15)8-5-9-22-4/h6-7,11,13,16,21H,5,8-10,12H2,1-4H3/t16-/m0/s1. The molecule has 1 heterocycles. The third kappa shape index (κ3) is 3.87. The number of aliphatic hydroxyl groups is 1. The number of benzene rings is 1. The van der Waals surface area contributed by atoms with Gasteiger partial charge < -0.3 is 9.84 Å². The number of methoxy groups -OCH3 is 1. The fourth-order valence-electron chi connectivity index (χ4n) is 2.86. The number of aryl methyl sites for hydroxylation is 2. The van der Waals surface area contributed by atoms with Crippen LogP contribution in [0.2, 0.25) is 0 Å². The molecule has 0 spiro atoms. The topological polar surface area (TPSA) is 47.3 Å². The monoisotopic (exact) mass is 304 g/mol. The molecular weight excluding hydrogens is 276 g/mol. The zero-order valence-electron chi connectivity index (χ0n) is 14.2. The molecule has 0 aliphatic heterocycles. The summed E-state index contributed by atoms with van der Waals surface area (Å²) in [7, 11) is 1.73. The first-order valence-electron chi connectivity index (χ1n) is 8.12. The lowest BCUT2D eigenvalue weighted by atomic mass is 9.90. The Hall–Kier alpha value is -1.39. The van der Waals surface area contributed by atoms with Crippen molar-refractivity contribution < 1.29 is 9.84 Å². The van der Waals surface area contributed by atoms with Gasteiger partial charge in [0.2, 0.25) is 0 Å². The molecule has 4 nitrogen and oxygen atoms in total. The number of nitrogens with zero attached hydrogens (tertiary/aromatic N) is 2. The van der Waals surface area contributed by atoms with Crippen LogP contribution < -0.4 is 0 Å². The predicted octanol–water partition coefficient (Wildman–Crippen LogP) is 3.19. The second-order valence-electron chi connectivity index (χ2n) is 6.40. The lowest BCUT2D eigenvalue weighted by molar-refractivity contribution is 0.189. The minimum Gasteiger partial charge on any atom is -0.396 e. The van der Waals surface area contributed by atoms with Gasteiger partial charge in [0.25, 0.3) is 0 Å². The Morgan fingerprint density at radius 3 is 2.73 bits per heavy atom. The number of hydrogen-bond donors (Lipinski definition) is 1. The highest BCUT2D eigenvalue weighted by Gasteiger charge is 2.14. The van der Waals surface area contributed by atoms with Crippen LogP contribution in [0, 0.1) is 18.8 Å². The molecule has 1 aromatic heterocycles. The lowest BCUT2D eigenvalue weighted by Crippen LogP contribution is -2.16. The summed E-state index contributed by atoms with van der Waals surface area (Å²) in [4.78, 5) is 0. The third-order valence-electron chi connectivity index (χ3n) is 4.39. The first-order chi connectivity index (χ1) is 10.6. The van der Waals surface area contributed by atoms with Crippen molar-refractivity contribution in [2.24, 2.45) is 11.8 Å². The summed E-state index contributed by atoms with van der Waals surface area (Å²) in [6.45, 7) is 8.24. The Balaban J connectivity index is 2.25. The minimum absolute atomic E-state index is 0.238. The van der Waals surface area contributed by atoms with E-state index in [2.05, 4.69) is 48.8 Å². The van der Waals surface area contributed by atoms with E-state index in [0.717, 1.165) is 31.7 Å². The predicted molar refractivity (Wildman–Crippen MR) is 90.1 cm³/mol. The molecule has 0 saturated carbocycles. The van der Waals surface area contributed by atoms with Gasteiger partial charge in [-0.05, 0) is 43.2 Å². The summed E-state index contributed by atoms with van der Waals surface area (Å²) in [5.74, 6) is 0.789. The first kappa shape index (κ1) is 17.0. The van der Waals surface area contributed by atoms with E-state index in [1.54, 1.807) is 7.11 Å². The molecule has 0 unspecified atom stereocenters. The van der Waals surface area contributed by atoms with E-state index in [1.807, 2.05) is 0 Å². The zero-order chi connectivity index (χ0) is 16.1. The highest BCUT2D eigenvalue weighted by atomic mass is 16.5. The molecule has 122 valence electrons. The van der Waals surface area contributed by atoms with Crippen molar-refractivity contribution in [1.29, 1.82) is 0 Å². The molecule has 4 heteroatoms. The van der Waals surface area contributed by atoms with E-state index in [4.69, 9.17) is 4.74 Å². The van der Waals surface area contributed by atoms with Crippen LogP contribution in [0.3, 0.4) is 0 Å². The van der Waals surface area contributed by atoms with Crippen LogP contribution in [0.1, 0.15) is 31.5 Å². The van der Waals surface area contributed by atoms with E-state index >= 15 is 0 Å². The third-order valence-corrected chi connectivity index (χ3v) is 4.39. The largest absolute Gasteiger partial charge is 0.396 e. The second kappa shape index (κ2) is 7.75. The SMILES string of the molecule is COCCCn1nc(C)c2ccc(C[C@@H](CO)C(C)C)cc21. The van der Waals surface area contributed by atoms with E-state index in [1.165, 1.54) is 16.5 Å². The van der Waals surface area contributed by atoms with Gasteiger partial charge in [-0.2, -0.15) is 5.10 Å². The molecule has 0 saturated heterocycles. The maximum absolute atomic E-state index is 9.54. The van der Waals surface area contributed by atoms with Gasteiger partial charge in [-0.25, -0.2) is 0 Å². The normalized spacial score (nSPS) is 13.2. The molecule has 1 atom stereocenters. The Kier molecular flexibility index (Phi) is 5.98. The Morgan fingerprint density at radius 2 is 2.09 bits per heavy atom. The van der Waals surface area contributed by atoms with Crippen molar-refractivity contribution in [2.75, 3.05) is 20.3 Å². The highest BCUT2D eigenvalue weighted by Crippen LogP contribution is 2.23. The van der Waals surface area contributed by atoms with Crippen molar-refractivity contribution in [2.45, 2.75) is 40.2 Å². The number of aromatic nitrogens is 2. The van der Waals surface area contributed by atoms with Gasteiger partial charge in [0.15, 0.2) is 0 Å². The molecule has 1 aromatic carbocycles. The van der Waals surface area contributed by atoms with Gasteiger partial charge in [-0.1, -0.05) is 26.0 Å². The zero-order valence-corrected chi connectivity index (χ0v) is 14.2. The van der Waals surface area contributed by atoms with Gasteiger partial charge in [0.1, 0.15) is 0 Å². The van der Waals surface area contributed by atoms with Crippen LogP contribution in [-0.2, 0) is 17.7 Å². The molecule has 1 N–H and O–H groups in total.